The van der Waals surface area contributed by atoms with Gasteiger partial charge < -0.3 is 11.1 Å². The molecule has 0 spiro atoms. The number of amides is 1. The van der Waals surface area contributed by atoms with E-state index in [-0.39, 0.29) is 12.0 Å². The van der Waals surface area contributed by atoms with E-state index in [4.69, 9.17) is 5.73 Å². The first kappa shape index (κ1) is 25.9. The lowest BCUT2D eigenvalue weighted by molar-refractivity contribution is -0.122. The molecule has 3 N–H and O–H groups in total. The van der Waals surface area contributed by atoms with Gasteiger partial charge in [0.15, 0.2) is 5.71 Å². The van der Waals surface area contributed by atoms with E-state index in [2.05, 4.69) is 14.8 Å². The van der Waals surface area contributed by atoms with E-state index in [9.17, 15) is 26.4 Å². The van der Waals surface area contributed by atoms with Crippen molar-refractivity contribution in [1.82, 2.24) is 5.32 Å². The van der Waals surface area contributed by atoms with Crippen LogP contribution in [0, 0.1) is 6.92 Å². The number of carbonyl (C=O) groups excluding carboxylic acids is 1. The molecule has 1 aromatic carbocycles. The maximum atomic E-state index is 13.3. The van der Waals surface area contributed by atoms with E-state index >= 15 is 0 Å². The topological polar surface area (TPSA) is 111 Å². The highest BCUT2D eigenvalue weighted by Gasteiger charge is 2.39. The lowest BCUT2D eigenvalue weighted by Gasteiger charge is -2.26. The van der Waals surface area contributed by atoms with Gasteiger partial charge in [0.25, 0.3) is 0 Å². The quantitative estimate of drug-likeness (QED) is 0.443. The van der Waals surface area contributed by atoms with Crippen molar-refractivity contribution in [2.24, 2.45) is 10.9 Å². The zero-order chi connectivity index (χ0) is 23.4. The molecule has 0 atom stereocenters. The predicted octanol–water partition coefficient (Wildman–Crippen LogP) is 3.02. The molecule has 0 heterocycles. The summed E-state index contributed by atoms with van der Waals surface area (Å²) in [5, 5.41) is 5.39. The Balaban J connectivity index is 2.91. The summed E-state index contributed by atoms with van der Waals surface area (Å²) in [4.78, 5) is 12.0. The molecule has 11 heteroatoms. The summed E-state index contributed by atoms with van der Waals surface area (Å²) in [5.41, 5.74) is 2.85. The number of nitrogens with zero attached hydrogens (tertiary/aromatic N) is 1. The van der Waals surface area contributed by atoms with Crippen LogP contribution in [0.1, 0.15) is 51.7 Å². The molecule has 0 aliphatic carbocycles. The average Bonchev–Trinajstić information content (AvgIpc) is 2.51. The molecule has 0 bridgehead atoms. The Morgan fingerprint density at radius 2 is 1.67 bits per heavy atom. The van der Waals surface area contributed by atoms with Gasteiger partial charge in [0.1, 0.15) is 5.75 Å². The molecule has 170 valence electrons. The molecule has 30 heavy (non-hydrogen) atoms. The predicted molar refractivity (Wildman–Crippen MR) is 108 cm³/mol. The largest absolute Gasteiger partial charge is 0.437 e. The van der Waals surface area contributed by atoms with Gasteiger partial charge in [-0.2, -0.15) is 21.6 Å². The summed E-state index contributed by atoms with van der Waals surface area (Å²) in [6.45, 7) is 8.00. The number of benzene rings is 1. The van der Waals surface area contributed by atoms with Crippen molar-refractivity contribution in [2.45, 2.75) is 64.7 Å². The van der Waals surface area contributed by atoms with Gasteiger partial charge in [-0.15, -0.1) is 0 Å². The molecule has 0 radical (unpaired) electrons. The Bertz CT molecular complexity index is 872. The van der Waals surface area contributed by atoms with E-state index in [0.717, 1.165) is 5.56 Å². The van der Waals surface area contributed by atoms with Gasteiger partial charge in [-0.25, -0.2) is 0 Å². The van der Waals surface area contributed by atoms with Crippen molar-refractivity contribution in [3.8, 4) is 0 Å². The van der Waals surface area contributed by atoms with Crippen molar-refractivity contribution in [1.29, 1.82) is 0 Å². The summed E-state index contributed by atoms with van der Waals surface area (Å²) >= 11 is 0. The summed E-state index contributed by atoms with van der Waals surface area (Å²) in [6.07, 6.45) is -4.49. The smallest absolute Gasteiger partial charge is 0.350 e. The van der Waals surface area contributed by atoms with Gasteiger partial charge in [0, 0.05) is 17.5 Å². The van der Waals surface area contributed by atoms with E-state index in [1.807, 2.05) is 0 Å². The lowest BCUT2D eigenvalue weighted by atomic mass is 9.99. The summed E-state index contributed by atoms with van der Waals surface area (Å²) in [7, 11) is -4.53. The second-order valence-electron chi connectivity index (χ2n) is 8.50. The molecule has 0 saturated carbocycles. The van der Waals surface area contributed by atoms with Crippen molar-refractivity contribution < 1.29 is 30.7 Å². The molecule has 0 fully saturated rings. The first-order valence-corrected chi connectivity index (χ1v) is 10.7. The monoisotopic (exact) mass is 451 g/mol. The molecular formula is C19H28F3N3O4S. The van der Waals surface area contributed by atoms with Gasteiger partial charge in [-0.1, -0.05) is 35.0 Å². The maximum Gasteiger partial charge on any atom is 0.437 e. The van der Waals surface area contributed by atoms with E-state index in [1.165, 1.54) is 38.1 Å². The maximum absolute atomic E-state index is 13.3. The van der Waals surface area contributed by atoms with Crippen LogP contribution in [0.3, 0.4) is 0 Å². The fourth-order valence-electron chi connectivity index (χ4n) is 2.45. The number of carbonyl (C=O) groups is 1. The lowest BCUT2D eigenvalue weighted by Crippen LogP contribution is -2.49. The van der Waals surface area contributed by atoms with Gasteiger partial charge in [0.05, 0.1) is 5.54 Å². The standard InChI is InChI=1S/C19H28F3N3O4S/c1-13-6-8-14(9-7-13)16(19(20,21)22)25-29-30(27,28)12-18(4,5)24-15(26)10-11-17(2,3)23/h6-9H,10-12,23H2,1-5H3,(H,24,26)/b25-16-. The number of oxime groups is 1. The van der Waals surface area contributed by atoms with Crippen molar-refractivity contribution >= 4 is 21.7 Å². The van der Waals surface area contributed by atoms with Crippen LogP contribution in [-0.4, -0.2) is 43.0 Å². The number of alkyl halides is 3. The highest BCUT2D eigenvalue weighted by atomic mass is 32.2. The normalized spacial score (nSPS) is 13.8. The molecule has 0 aliphatic heterocycles. The SMILES string of the molecule is Cc1ccc(/C(=N/OS(=O)(=O)CC(C)(C)NC(=O)CCC(C)(C)N)C(F)(F)F)cc1. The van der Waals surface area contributed by atoms with Gasteiger partial charge >= 0.3 is 16.3 Å². The molecule has 1 amide bonds. The zero-order valence-electron chi connectivity index (χ0n) is 17.6. The number of nitrogens with two attached hydrogens (primary N) is 1. The number of hydrogen-bond donors (Lipinski definition) is 2. The number of nitrogens with one attached hydrogen (secondary N) is 1. The summed E-state index contributed by atoms with van der Waals surface area (Å²) < 4.78 is 68.6. The molecule has 7 nitrogen and oxygen atoms in total. The summed E-state index contributed by atoms with van der Waals surface area (Å²) in [6, 6.07) is 5.21. The Morgan fingerprint density at radius 3 is 2.13 bits per heavy atom. The van der Waals surface area contributed by atoms with E-state index < -0.39 is 44.7 Å². The minimum Gasteiger partial charge on any atom is -0.350 e. The molecular weight excluding hydrogens is 423 g/mol. The Kier molecular flexibility index (Phi) is 8.06. The number of rotatable bonds is 9. The minimum atomic E-state index is -4.93. The number of aryl methyl sites for hydroxylation is 1. The zero-order valence-corrected chi connectivity index (χ0v) is 18.4. The highest BCUT2D eigenvalue weighted by Crippen LogP contribution is 2.24. The second-order valence-corrected chi connectivity index (χ2v) is 10.1. The van der Waals surface area contributed by atoms with Crippen LogP contribution in [0.25, 0.3) is 0 Å². The Morgan fingerprint density at radius 1 is 1.13 bits per heavy atom. The fraction of sp³-hybridized carbons (Fsp3) is 0.579. The summed E-state index contributed by atoms with van der Waals surface area (Å²) in [5.74, 6) is -1.21. The fourth-order valence-corrected chi connectivity index (χ4v) is 3.65. The Hall–Kier alpha value is -2.14. The number of hydrogen-bond acceptors (Lipinski definition) is 6. The third-order valence-corrected chi connectivity index (χ3v) is 5.22. The number of halogens is 3. The van der Waals surface area contributed by atoms with Crippen LogP contribution >= 0.6 is 0 Å². The molecule has 0 unspecified atom stereocenters. The Labute approximate surface area is 175 Å². The van der Waals surface area contributed by atoms with Crippen LogP contribution < -0.4 is 11.1 Å². The van der Waals surface area contributed by atoms with E-state index in [1.54, 1.807) is 20.8 Å². The minimum absolute atomic E-state index is 0.0671. The van der Waals surface area contributed by atoms with Crippen molar-refractivity contribution in [3.05, 3.63) is 35.4 Å². The van der Waals surface area contributed by atoms with Crippen molar-refractivity contribution in [3.63, 3.8) is 0 Å². The average molecular weight is 452 g/mol. The third-order valence-electron chi connectivity index (χ3n) is 3.85. The third kappa shape index (κ3) is 9.57. The van der Waals surface area contributed by atoms with Crippen LogP contribution in [0.15, 0.2) is 29.4 Å². The highest BCUT2D eigenvalue weighted by molar-refractivity contribution is 7.86. The second kappa shape index (κ2) is 9.34. The van der Waals surface area contributed by atoms with Gasteiger partial charge in [-0.05, 0) is 41.0 Å². The molecule has 1 rings (SSSR count). The molecule has 0 aromatic heterocycles. The molecule has 0 aliphatic rings. The first-order valence-electron chi connectivity index (χ1n) is 9.14. The van der Waals surface area contributed by atoms with Gasteiger partial charge in [-0.3, -0.25) is 9.08 Å². The van der Waals surface area contributed by atoms with E-state index in [0.29, 0.717) is 6.42 Å². The van der Waals surface area contributed by atoms with Crippen LogP contribution in [-0.2, 0) is 19.2 Å². The van der Waals surface area contributed by atoms with Crippen molar-refractivity contribution in [2.75, 3.05) is 5.75 Å². The van der Waals surface area contributed by atoms with Gasteiger partial charge in [0.2, 0.25) is 5.91 Å². The first-order chi connectivity index (χ1) is 13.4. The molecule has 1 aromatic rings. The van der Waals surface area contributed by atoms with Crippen LogP contribution in [0.2, 0.25) is 0 Å². The van der Waals surface area contributed by atoms with Crippen LogP contribution in [0.5, 0.6) is 0 Å². The molecule has 0 saturated heterocycles. The van der Waals surface area contributed by atoms with Crippen LogP contribution in [0.4, 0.5) is 13.2 Å².